The standard InChI is InChI=1S/C21H30N2O4/c1-26-18-6-2-5-16(13-18)14-23(15-19-7-4-12-27-19)20(24)8-3-11-22-21(25)17-9-10-17/h2,5-6,13,17,19H,3-4,7-12,14-15H2,1H3,(H,22,25). The van der Waals surface area contributed by atoms with Crippen molar-refractivity contribution in [1.82, 2.24) is 10.2 Å². The molecule has 1 aromatic rings. The van der Waals surface area contributed by atoms with Crippen molar-refractivity contribution in [2.75, 3.05) is 26.8 Å². The average molecular weight is 374 g/mol. The number of carbonyl (C=O) groups excluding carboxylic acids is 2. The summed E-state index contributed by atoms with van der Waals surface area (Å²) in [6, 6.07) is 7.81. The third kappa shape index (κ3) is 6.24. The number of nitrogens with zero attached hydrogens (tertiary/aromatic N) is 1. The minimum Gasteiger partial charge on any atom is -0.497 e. The van der Waals surface area contributed by atoms with Gasteiger partial charge in [0.1, 0.15) is 5.75 Å². The first-order valence-corrected chi connectivity index (χ1v) is 9.95. The number of hydrogen-bond donors (Lipinski definition) is 1. The van der Waals surface area contributed by atoms with E-state index in [4.69, 9.17) is 9.47 Å². The van der Waals surface area contributed by atoms with Crippen LogP contribution in [-0.4, -0.2) is 49.6 Å². The molecule has 1 aliphatic heterocycles. The Hall–Kier alpha value is -2.08. The molecule has 2 amide bonds. The molecule has 1 unspecified atom stereocenters. The molecule has 2 fully saturated rings. The van der Waals surface area contributed by atoms with Gasteiger partial charge in [0.25, 0.3) is 0 Å². The van der Waals surface area contributed by atoms with E-state index in [1.54, 1.807) is 7.11 Å². The lowest BCUT2D eigenvalue weighted by Crippen LogP contribution is -2.37. The Morgan fingerprint density at radius 2 is 2.15 bits per heavy atom. The minimum atomic E-state index is 0.106. The number of hydrogen-bond acceptors (Lipinski definition) is 4. The second-order valence-electron chi connectivity index (χ2n) is 7.43. The molecule has 0 radical (unpaired) electrons. The van der Waals surface area contributed by atoms with Crippen LogP contribution in [-0.2, 0) is 20.9 Å². The fourth-order valence-electron chi connectivity index (χ4n) is 3.38. The summed E-state index contributed by atoms with van der Waals surface area (Å²) in [5, 5.41) is 2.93. The summed E-state index contributed by atoms with van der Waals surface area (Å²) in [7, 11) is 1.64. The molecule has 2 aliphatic rings. The predicted octanol–water partition coefficient (Wildman–Crippen LogP) is 2.51. The van der Waals surface area contributed by atoms with Crippen LogP contribution in [0.5, 0.6) is 5.75 Å². The van der Waals surface area contributed by atoms with Gasteiger partial charge >= 0.3 is 0 Å². The van der Waals surface area contributed by atoms with Gasteiger partial charge in [-0.2, -0.15) is 0 Å². The van der Waals surface area contributed by atoms with E-state index in [0.29, 0.717) is 32.5 Å². The molecule has 0 spiro atoms. The highest BCUT2D eigenvalue weighted by molar-refractivity contribution is 5.81. The normalized spacial score (nSPS) is 18.9. The highest BCUT2D eigenvalue weighted by Gasteiger charge is 2.29. The smallest absolute Gasteiger partial charge is 0.223 e. The molecule has 1 aliphatic carbocycles. The Balaban J connectivity index is 1.52. The van der Waals surface area contributed by atoms with Crippen LogP contribution < -0.4 is 10.1 Å². The molecule has 0 aromatic heterocycles. The zero-order valence-electron chi connectivity index (χ0n) is 16.1. The van der Waals surface area contributed by atoms with Gasteiger partial charge in [0, 0.05) is 38.6 Å². The Morgan fingerprint density at radius 3 is 2.85 bits per heavy atom. The molecule has 1 saturated heterocycles. The van der Waals surface area contributed by atoms with Gasteiger partial charge in [0.2, 0.25) is 11.8 Å². The summed E-state index contributed by atoms with van der Waals surface area (Å²) >= 11 is 0. The van der Waals surface area contributed by atoms with Gasteiger partial charge in [0.15, 0.2) is 0 Å². The number of nitrogens with one attached hydrogen (secondary N) is 1. The van der Waals surface area contributed by atoms with E-state index in [2.05, 4.69) is 5.32 Å². The lowest BCUT2D eigenvalue weighted by Gasteiger charge is -2.26. The fourth-order valence-corrected chi connectivity index (χ4v) is 3.38. The summed E-state index contributed by atoms with van der Waals surface area (Å²) in [5.74, 6) is 1.24. The molecule has 1 saturated carbocycles. The van der Waals surface area contributed by atoms with Crippen molar-refractivity contribution in [3.05, 3.63) is 29.8 Å². The lowest BCUT2D eigenvalue weighted by atomic mass is 10.1. The monoisotopic (exact) mass is 374 g/mol. The summed E-state index contributed by atoms with van der Waals surface area (Å²) in [6.07, 6.45) is 5.27. The number of rotatable bonds is 10. The van der Waals surface area contributed by atoms with E-state index in [1.165, 1.54) is 0 Å². The van der Waals surface area contributed by atoms with Crippen molar-refractivity contribution < 1.29 is 19.1 Å². The van der Waals surface area contributed by atoms with Crippen LogP contribution in [0.1, 0.15) is 44.1 Å². The lowest BCUT2D eigenvalue weighted by molar-refractivity contribution is -0.133. The van der Waals surface area contributed by atoms with E-state index in [1.807, 2.05) is 29.2 Å². The van der Waals surface area contributed by atoms with Gasteiger partial charge in [-0.25, -0.2) is 0 Å². The fraction of sp³-hybridized carbons (Fsp3) is 0.619. The molecule has 1 heterocycles. The summed E-state index contributed by atoms with van der Waals surface area (Å²) < 4.78 is 11.0. The molecule has 148 valence electrons. The summed E-state index contributed by atoms with van der Waals surface area (Å²) in [5.41, 5.74) is 1.04. The topological polar surface area (TPSA) is 67.9 Å². The maximum Gasteiger partial charge on any atom is 0.223 e. The minimum absolute atomic E-state index is 0.106. The van der Waals surface area contributed by atoms with E-state index in [9.17, 15) is 9.59 Å². The molecule has 27 heavy (non-hydrogen) atoms. The molecule has 1 aromatic carbocycles. The number of amides is 2. The SMILES string of the molecule is COc1cccc(CN(CC2CCCO2)C(=O)CCCNC(=O)C2CC2)c1. The number of methoxy groups -OCH3 is 1. The van der Waals surface area contributed by atoms with Crippen LogP contribution in [0.15, 0.2) is 24.3 Å². The van der Waals surface area contributed by atoms with E-state index in [0.717, 1.165) is 43.6 Å². The van der Waals surface area contributed by atoms with Crippen LogP contribution in [0.2, 0.25) is 0 Å². The highest BCUT2D eigenvalue weighted by Crippen LogP contribution is 2.28. The second-order valence-corrected chi connectivity index (χ2v) is 7.43. The van der Waals surface area contributed by atoms with Crippen LogP contribution in [0.3, 0.4) is 0 Å². The molecule has 1 N–H and O–H groups in total. The Morgan fingerprint density at radius 1 is 1.30 bits per heavy atom. The zero-order valence-corrected chi connectivity index (χ0v) is 16.1. The summed E-state index contributed by atoms with van der Waals surface area (Å²) in [6.45, 7) is 2.50. The van der Waals surface area contributed by atoms with Crippen molar-refractivity contribution in [3.8, 4) is 5.75 Å². The van der Waals surface area contributed by atoms with Gasteiger partial charge in [-0.15, -0.1) is 0 Å². The quantitative estimate of drug-likeness (QED) is 0.639. The molecule has 6 heteroatoms. The molecule has 3 rings (SSSR count). The van der Waals surface area contributed by atoms with Crippen LogP contribution in [0, 0.1) is 5.92 Å². The molecule has 0 bridgehead atoms. The van der Waals surface area contributed by atoms with Crippen LogP contribution >= 0.6 is 0 Å². The highest BCUT2D eigenvalue weighted by atomic mass is 16.5. The van der Waals surface area contributed by atoms with Crippen LogP contribution in [0.25, 0.3) is 0 Å². The van der Waals surface area contributed by atoms with Gasteiger partial charge in [-0.3, -0.25) is 9.59 Å². The van der Waals surface area contributed by atoms with Gasteiger partial charge in [-0.05, 0) is 49.8 Å². The van der Waals surface area contributed by atoms with Gasteiger partial charge < -0.3 is 19.7 Å². The molecule has 1 atom stereocenters. The molecular formula is C21H30N2O4. The van der Waals surface area contributed by atoms with Crippen molar-refractivity contribution in [2.24, 2.45) is 5.92 Å². The first-order valence-electron chi connectivity index (χ1n) is 9.95. The van der Waals surface area contributed by atoms with E-state index >= 15 is 0 Å². The zero-order chi connectivity index (χ0) is 19.1. The van der Waals surface area contributed by atoms with Crippen molar-refractivity contribution in [1.29, 1.82) is 0 Å². The number of ether oxygens (including phenoxy) is 2. The maximum atomic E-state index is 12.8. The Kier molecular flexibility index (Phi) is 7.10. The van der Waals surface area contributed by atoms with Gasteiger partial charge in [-0.1, -0.05) is 12.1 Å². The maximum absolute atomic E-state index is 12.8. The van der Waals surface area contributed by atoms with Crippen molar-refractivity contribution in [2.45, 2.75) is 51.2 Å². The predicted molar refractivity (Wildman–Crippen MR) is 102 cm³/mol. The second kappa shape index (κ2) is 9.74. The van der Waals surface area contributed by atoms with Crippen LogP contribution in [0.4, 0.5) is 0 Å². The molecule has 6 nitrogen and oxygen atoms in total. The summed E-state index contributed by atoms with van der Waals surface area (Å²) in [4.78, 5) is 26.4. The third-order valence-corrected chi connectivity index (χ3v) is 5.12. The van der Waals surface area contributed by atoms with Crippen molar-refractivity contribution >= 4 is 11.8 Å². The first-order chi connectivity index (χ1) is 13.2. The first kappa shape index (κ1) is 19.7. The molecular weight excluding hydrogens is 344 g/mol. The van der Waals surface area contributed by atoms with E-state index in [-0.39, 0.29) is 23.8 Å². The average Bonchev–Trinajstić information content (AvgIpc) is 3.42. The Bertz CT molecular complexity index is 639. The van der Waals surface area contributed by atoms with E-state index < -0.39 is 0 Å². The Labute approximate surface area is 161 Å². The largest absolute Gasteiger partial charge is 0.497 e. The van der Waals surface area contributed by atoms with Gasteiger partial charge in [0.05, 0.1) is 13.2 Å². The number of benzene rings is 1. The number of carbonyl (C=O) groups is 2. The third-order valence-electron chi connectivity index (χ3n) is 5.12. The van der Waals surface area contributed by atoms with Crippen molar-refractivity contribution in [3.63, 3.8) is 0 Å².